The van der Waals surface area contributed by atoms with Crippen molar-refractivity contribution in [1.82, 2.24) is 14.9 Å². The molecule has 1 aliphatic heterocycles. The molecule has 5 heteroatoms. The molecule has 0 saturated carbocycles. The fourth-order valence-electron chi connectivity index (χ4n) is 2.32. The lowest BCUT2D eigenvalue weighted by atomic mass is 10.00. The van der Waals surface area contributed by atoms with Crippen molar-refractivity contribution in [2.24, 2.45) is 0 Å². The highest BCUT2D eigenvalue weighted by Crippen LogP contribution is 2.19. The summed E-state index contributed by atoms with van der Waals surface area (Å²) in [5, 5.41) is 0. The average molecular weight is 255 g/mol. The first kappa shape index (κ1) is 11.6. The molecular weight excluding hydrogens is 242 g/mol. The molecule has 0 saturated heterocycles. The summed E-state index contributed by atoms with van der Waals surface area (Å²) in [5.41, 5.74) is 2.33. The number of carbonyl (C=O) groups is 1. The van der Waals surface area contributed by atoms with Gasteiger partial charge in [-0.05, 0) is 17.5 Å². The second kappa shape index (κ2) is 4.68. The highest BCUT2D eigenvalue weighted by molar-refractivity contribution is 5.92. The quantitative estimate of drug-likeness (QED) is 0.825. The number of rotatable bonds is 1. The Morgan fingerprint density at radius 1 is 1.26 bits per heavy atom. The number of amides is 1. The van der Waals surface area contributed by atoms with Crippen LogP contribution in [-0.2, 0) is 13.0 Å². The Hall–Kier alpha value is -2.43. The third-order valence-electron chi connectivity index (χ3n) is 3.32. The molecule has 19 heavy (non-hydrogen) atoms. The molecule has 2 aromatic rings. The number of nitrogens with zero attached hydrogens (tertiary/aromatic N) is 2. The summed E-state index contributed by atoms with van der Waals surface area (Å²) in [6.45, 7) is 1.23. The molecule has 0 unspecified atom stereocenters. The molecule has 0 aliphatic carbocycles. The Balaban J connectivity index is 1.85. The van der Waals surface area contributed by atoms with Gasteiger partial charge in [-0.15, -0.1) is 0 Å². The predicted molar refractivity (Wildman–Crippen MR) is 69.7 cm³/mol. The number of hydrogen-bond acceptors (Lipinski definition) is 3. The minimum Gasteiger partial charge on any atom is -0.333 e. The Kier molecular flexibility index (Phi) is 2.87. The molecule has 2 heterocycles. The summed E-state index contributed by atoms with van der Waals surface area (Å²) < 4.78 is 0. The highest BCUT2D eigenvalue weighted by Gasteiger charge is 2.22. The summed E-state index contributed by atoms with van der Waals surface area (Å²) in [5.74, 6) is -0.194. The molecule has 1 amide bonds. The van der Waals surface area contributed by atoms with E-state index in [-0.39, 0.29) is 17.2 Å². The summed E-state index contributed by atoms with van der Waals surface area (Å²) in [7, 11) is 0. The average Bonchev–Trinajstić information content (AvgIpc) is 2.46. The molecule has 0 atom stereocenters. The maximum Gasteiger partial charge on any atom is 0.273 e. The van der Waals surface area contributed by atoms with E-state index >= 15 is 0 Å². The first-order valence-corrected chi connectivity index (χ1v) is 6.15. The van der Waals surface area contributed by atoms with Gasteiger partial charge in [0, 0.05) is 19.2 Å². The molecule has 3 rings (SSSR count). The first-order chi connectivity index (χ1) is 9.24. The maximum absolute atomic E-state index is 12.3. The number of nitrogens with one attached hydrogen (secondary N) is 1. The van der Waals surface area contributed by atoms with E-state index in [2.05, 4.69) is 16.0 Å². The zero-order chi connectivity index (χ0) is 13.2. The van der Waals surface area contributed by atoms with E-state index in [1.165, 1.54) is 18.0 Å². The minimum absolute atomic E-state index is 0.194. The largest absolute Gasteiger partial charge is 0.333 e. The monoisotopic (exact) mass is 255 g/mol. The Morgan fingerprint density at radius 2 is 2.05 bits per heavy atom. The molecule has 1 N–H and O–H groups in total. The van der Waals surface area contributed by atoms with E-state index < -0.39 is 0 Å². The van der Waals surface area contributed by atoms with Crippen LogP contribution < -0.4 is 5.56 Å². The lowest BCUT2D eigenvalue weighted by Crippen LogP contribution is -2.36. The molecule has 1 aliphatic rings. The van der Waals surface area contributed by atoms with Gasteiger partial charge in [-0.3, -0.25) is 9.59 Å². The molecule has 0 radical (unpaired) electrons. The van der Waals surface area contributed by atoms with Gasteiger partial charge in [0.2, 0.25) is 0 Å². The van der Waals surface area contributed by atoms with E-state index in [1.807, 2.05) is 18.2 Å². The van der Waals surface area contributed by atoms with Crippen LogP contribution in [0.1, 0.15) is 21.6 Å². The Bertz CT molecular complexity index is 678. The van der Waals surface area contributed by atoms with Crippen molar-refractivity contribution < 1.29 is 4.79 Å². The van der Waals surface area contributed by atoms with Gasteiger partial charge in [0.15, 0.2) is 0 Å². The van der Waals surface area contributed by atoms with Crippen molar-refractivity contribution in [3.05, 3.63) is 63.8 Å². The van der Waals surface area contributed by atoms with Crippen LogP contribution in [0, 0.1) is 0 Å². The minimum atomic E-state index is -0.309. The predicted octanol–water partition coefficient (Wildman–Crippen LogP) is 0.968. The van der Waals surface area contributed by atoms with Gasteiger partial charge < -0.3 is 9.88 Å². The zero-order valence-electron chi connectivity index (χ0n) is 10.3. The smallest absolute Gasteiger partial charge is 0.273 e. The SMILES string of the molecule is O=C(c1cc(=O)[nH]cn1)N1CCc2ccccc2C1. The number of carbonyl (C=O) groups excluding carboxylic acids is 1. The maximum atomic E-state index is 12.3. The van der Waals surface area contributed by atoms with Gasteiger partial charge in [-0.2, -0.15) is 0 Å². The molecule has 0 bridgehead atoms. The lowest BCUT2D eigenvalue weighted by Gasteiger charge is -2.28. The van der Waals surface area contributed by atoms with E-state index in [4.69, 9.17) is 0 Å². The van der Waals surface area contributed by atoms with Crippen LogP contribution in [0.4, 0.5) is 0 Å². The summed E-state index contributed by atoms with van der Waals surface area (Å²) in [6.07, 6.45) is 2.10. The number of fused-ring (bicyclic) bond motifs is 1. The van der Waals surface area contributed by atoms with Crippen LogP contribution in [0.25, 0.3) is 0 Å². The number of hydrogen-bond donors (Lipinski definition) is 1. The fourth-order valence-corrected chi connectivity index (χ4v) is 2.32. The second-order valence-corrected chi connectivity index (χ2v) is 4.54. The van der Waals surface area contributed by atoms with Crippen molar-refractivity contribution in [1.29, 1.82) is 0 Å². The summed E-state index contributed by atoms with van der Waals surface area (Å²) >= 11 is 0. The van der Waals surface area contributed by atoms with Gasteiger partial charge in [0.05, 0.1) is 6.33 Å². The molecule has 1 aromatic carbocycles. The molecular formula is C14H13N3O2. The van der Waals surface area contributed by atoms with Crippen LogP contribution in [0.2, 0.25) is 0 Å². The standard InChI is InChI=1S/C14H13N3O2/c18-13-7-12(15-9-16-13)14(19)17-6-5-10-3-1-2-4-11(10)8-17/h1-4,7,9H,5-6,8H2,(H,15,16,18). The third kappa shape index (κ3) is 2.27. The molecule has 0 spiro atoms. The zero-order valence-corrected chi connectivity index (χ0v) is 10.3. The molecule has 0 fully saturated rings. The number of aromatic amines is 1. The first-order valence-electron chi connectivity index (χ1n) is 6.15. The molecule has 5 nitrogen and oxygen atoms in total. The fraction of sp³-hybridized carbons (Fsp3) is 0.214. The number of benzene rings is 1. The Morgan fingerprint density at radius 3 is 2.84 bits per heavy atom. The summed E-state index contributed by atoms with van der Waals surface area (Å²) in [4.78, 5) is 31.5. The van der Waals surface area contributed by atoms with Crippen LogP contribution in [-0.4, -0.2) is 27.3 Å². The van der Waals surface area contributed by atoms with Crippen molar-refractivity contribution in [2.75, 3.05) is 6.54 Å². The van der Waals surface area contributed by atoms with Crippen LogP contribution in [0.3, 0.4) is 0 Å². The molecule has 96 valence electrons. The number of H-pyrrole nitrogens is 1. The topological polar surface area (TPSA) is 66.1 Å². The van der Waals surface area contributed by atoms with Crippen LogP contribution in [0.15, 0.2) is 41.5 Å². The van der Waals surface area contributed by atoms with Crippen molar-refractivity contribution in [2.45, 2.75) is 13.0 Å². The van der Waals surface area contributed by atoms with Crippen molar-refractivity contribution >= 4 is 5.91 Å². The number of aromatic nitrogens is 2. The van der Waals surface area contributed by atoms with Crippen molar-refractivity contribution in [3.8, 4) is 0 Å². The van der Waals surface area contributed by atoms with E-state index in [0.717, 1.165) is 12.0 Å². The van der Waals surface area contributed by atoms with Gasteiger partial charge in [0.1, 0.15) is 5.69 Å². The molecule has 1 aromatic heterocycles. The highest BCUT2D eigenvalue weighted by atomic mass is 16.2. The second-order valence-electron chi connectivity index (χ2n) is 4.54. The third-order valence-corrected chi connectivity index (χ3v) is 3.32. The van der Waals surface area contributed by atoms with Gasteiger partial charge in [0.25, 0.3) is 11.5 Å². The van der Waals surface area contributed by atoms with Crippen LogP contribution >= 0.6 is 0 Å². The van der Waals surface area contributed by atoms with Crippen LogP contribution in [0.5, 0.6) is 0 Å². The normalized spacial score (nSPS) is 14.0. The van der Waals surface area contributed by atoms with E-state index in [0.29, 0.717) is 13.1 Å². The van der Waals surface area contributed by atoms with Gasteiger partial charge in [-0.25, -0.2) is 4.98 Å². The van der Waals surface area contributed by atoms with Crippen molar-refractivity contribution in [3.63, 3.8) is 0 Å². The van der Waals surface area contributed by atoms with Gasteiger partial charge >= 0.3 is 0 Å². The van der Waals surface area contributed by atoms with E-state index in [9.17, 15) is 9.59 Å². The van der Waals surface area contributed by atoms with Gasteiger partial charge in [-0.1, -0.05) is 24.3 Å². The van der Waals surface area contributed by atoms with E-state index in [1.54, 1.807) is 4.90 Å². The summed E-state index contributed by atoms with van der Waals surface area (Å²) in [6, 6.07) is 9.33. The Labute approximate surface area is 109 Å². The lowest BCUT2D eigenvalue weighted by molar-refractivity contribution is 0.0728.